The second-order valence-corrected chi connectivity index (χ2v) is 8.65. The molecule has 0 aliphatic rings. The topological polar surface area (TPSA) is 85.4 Å². The van der Waals surface area contributed by atoms with Crippen LogP contribution in [0.5, 0.6) is 5.75 Å². The Bertz CT molecular complexity index is 1080. The first-order valence-electron chi connectivity index (χ1n) is 7.04. The van der Waals surface area contributed by atoms with E-state index in [0.29, 0.717) is 16.4 Å². The summed E-state index contributed by atoms with van der Waals surface area (Å²) in [6, 6.07) is 9.46. The highest BCUT2D eigenvalue weighted by Crippen LogP contribution is 2.32. The standard InChI is InChI=1S/C16H13ClN2O4S2/c1-23-12-4-3-5-13-14(12)18-16(24-13)19-15(20)10-8-9(25(2,21)22)6-7-11(10)17/h3-8H,1-2H3,(H,18,19,20). The van der Waals surface area contributed by atoms with E-state index in [4.69, 9.17) is 16.3 Å². The van der Waals surface area contributed by atoms with Crippen LogP contribution >= 0.6 is 22.9 Å². The average molecular weight is 397 g/mol. The van der Waals surface area contributed by atoms with Crippen LogP contribution in [0.3, 0.4) is 0 Å². The van der Waals surface area contributed by atoms with Gasteiger partial charge in [0.05, 0.1) is 27.3 Å². The van der Waals surface area contributed by atoms with Crippen LogP contribution in [-0.2, 0) is 9.84 Å². The summed E-state index contributed by atoms with van der Waals surface area (Å²) < 4.78 is 29.4. The zero-order valence-corrected chi connectivity index (χ0v) is 15.6. The summed E-state index contributed by atoms with van der Waals surface area (Å²) in [5, 5.41) is 3.17. The summed E-state index contributed by atoms with van der Waals surface area (Å²) in [4.78, 5) is 16.9. The van der Waals surface area contributed by atoms with Gasteiger partial charge in [-0.2, -0.15) is 0 Å². The van der Waals surface area contributed by atoms with E-state index in [0.717, 1.165) is 11.0 Å². The molecule has 1 N–H and O–H groups in total. The number of carbonyl (C=O) groups is 1. The number of carbonyl (C=O) groups excluding carboxylic acids is 1. The molecule has 0 unspecified atom stereocenters. The molecule has 0 saturated heterocycles. The highest BCUT2D eigenvalue weighted by atomic mass is 35.5. The lowest BCUT2D eigenvalue weighted by atomic mass is 10.2. The van der Waals surface area contributed by atoms with Crippen LogP contribution in [0.2, 0.25) is 5.02 Å². The van der Waals surface area contributed by atoms with Crippen LogP contribution in [0.15, 0.2) is 41.3 Å². The van der Waals surface area contributed by atoms with E-state index in [1.165, 1.54) is 29.5 Å². The Kier molecular flexibility index (Phi) is 4.68. The quantitative estimate of drug-likeness (QED) is 0.728. The Balaban J connectivity index is 1.95. The number of benzene rings is 2. The van der Waals surface area contributed by atoms with E-state index in [1.54, 1.807) is 13.2 Å². The molecule has 0 radical (unpaired) electrons. The van der Waals surface area contributed by atoms with E-state index < -0.39 is 15.7 Å². The molecule has 6 nitrogen and oxygen atoms in total. The maximum Gasteiger partial charge on any atom is 0.259 e. The zero-order valence-electron chi connectivity index (χ0n) is 13.2. The predicted molar refractivity (Wildman–Crippen MR) is 98.7 cm³/mol. The molecular weight excluding hydrogens is 384 g/mol. The third-order valence-electron chi connectivity index (χ3n) is 3.43. The molecule has 0 spiro atoms. The van der Waals surface area contributed by atoms with Gasteiger partial charge in [-0.25, -0.2) is 13.4 Å². The van der Waals surface area contributed by atoms with Gasteiger partial charge in [-0.15, -0.1) is 0 Å². The van der Waals surface area contributed by atoms with Crippen LogP contribution < -0.4 is 10.1 Å². The van der Waals surface area contributed by atoms with E-state index in [-0.39, 0.29) is 15.5 Å². The fraction of sp³-hybridized carbons (Fsp3) is 0.125. The van der Waals surface area contributed by atoms with Crippen molar-refractivity contribution < 1.29 is 17.9 Å². The first-order chi connectivity index (χ1) is 11.8. The molecule has 0 aliphatic heterocycles. The molecule has 9 heteroatoms. The van der Waals surface area contributed by atoms with Gasteiger partial charge in [0.1, 0.15) is 11.3 Å². The molecule has 130 valence electrons. The number of sulfone groups is 1. The molecule has 0 atom stereocenters. The Morgan fingerprint density at radius 1 is 1.28 bits per heavy atom. The maximum atomic E-state index is 12.5. The van der Waals surface area contributed by atoms with E-state index >= 15 is 0 Å². The Morgan fingerprint density at radius 3 is 2.72 bits per heavy atom. The normalized spacial score (nSPS) is 11.5. The maximum absolute atomic E-state index is 12.5. The lowest BCUT2D eigenvalue weighted by Gasteiger charge is -2.06. The highest BCUT2D eigenvalue weighted by Gasteiger charge is 2.17. The Labute approximate surface area is 153 Å². The largest absolute Gasteiger partial charge is 0.494 e. The second-order valence-electron chi connectivity index (χ2n) is 5.19. The van der Waals surface area contributed by atoms with Crippen LogP contribution in [0.4, 0.5) is 5.13 Å². The SMILES string of the molecule is COc1cccc2sc(NC(=O)c3cc(S(C)(=O)=O)ccc3Cl)nc12. The van der Waals surface area contributed by atoms with Gasteiger partial charge in [0.2, 0.25) is 0 Å². The second kappa shape index (κ2) is 6.62. The monoisotopic (exact) mass is 396 g/mol. The number of hydrogen-bond donors (Lipinski definition) is 1. The number of methoxy groups -OCH3 is 1. The van der Waals surface area contributed by atoms with Crippen molar-refractivity contribution in [1.82, 2.24) is 4.98 Å². The van der Waals surface area contributed by atoms with Crippen molar-refractivity contribution in [3.63, 3.8) is 0 Å². The van der Waals surface area contributed by atoms with Gasteiger partial charge in [0.25, 0.3) is 5.91 Å². The minimum Gasteiger partial charge on any atom is -0.494 e. The number of ether oxygens (including phenoxy) is 1. The van der Waals surface area contributed by atoms with Crippen molar-refractivity contribution >= 4 is 54.0 Å². The van der Waals surface area contributed by atoms with Crippen molar-refractivity contribution in [2.24, 2.45) is 0 Å². The highest BCUT2D eigenvalue weighted by molar-refractivity contribution is 7.90. The lowest BCUT2D eigenvalue weighted by Crippen LogP contribution is -2.13. The van der Waals surface area contributed by atoms with E-state index in [9.17, 15) is 13.2 Å². The zero-order chi connectivity index (χ0) is 18.2. The van der Waals surface area contributed by atoms with Crippen LogP contribution in [0.25, 0.3) is 10.2 Å². The lowest BCUT2D eigenvalue weighted by molar-refractivity contribution is 0.102. The number of anilines is 1. The molecule has 0 aliphatic carbocycles. The van der Waals surface area contributed by atoms with Crippen molar-refractivity contribution in [1.29, 1.82) is 0 Å². The molecule has 0 saturated carbocycles. The van der Waals surface area contributed by atoms with Crippen molar-refractivity contribution in [3.05, 3.63) is 47.0 Å². The fourth-order valence-electron chi connectivity index (χ4n) is 2.21. The number of rotatable bonds is 4. The Morgan fingerprint density at radius 2 is 2.04 bits per heavy atom. The molecular formula is C16H13ClN2O4S2. The van der Waals surface area contributed by atoms with Gasteiger partial charge in [-0.05, 0) is 30.3 Å². The number of thiazole rings is 1. The number of nitrogens with one attached hydrogen (secondary N) is 1. The van der Waals surface area contributed by atoms with Gasteiger partial charge in [-0.1, -0.05) is 29.0 Å². The van der Waals surface area contributed by atoms with Crippen molar-refractivity contribution in [3.8, 4) is 5.75 Å². The summed E-state index contributed by atoms with van der Waals surface area (Å²) in [5.41, 5.74) is 0.706. The van der Waals surface area contributed by atoms with Gasteiger partial charge in [0, 0.05) is 6.26 Å². The molecule has 0 fully saturated rings. The van der Waals surface area contributed by atoms with Crippen LogP contribution in [-0.4, -0.2) is 32.7 Å². The minimum atomic E-state index is -3.45. The van der Waals surface area contributed by atoms with Crippen molar-refractivity contribution in [2.45, 2.75) is 4.90 Å². The molecule has 2 aromatic carbocycles. The van der Waals surface area contributed by atoms with E-state index in [1.807, 2.05) is 12.1 Å². The first-order valence-corrected chi connectivity index (χ1v) is 10.1. The van der Waals surface area contributed by atoms with Gasteiger partial charge >= 0.3 is 0 Å². The van der Waals surface area contributed by atoms with Crippen molar-refractivity contribution in [2.75, 3.05) is 18.7 Å². The summed E-state index contributed by atoms with van der Waals surface area (Å²) in [6.45, 7) is 0. The molecule has 1 amide bonds. The minimum absolute atomic E-state index is 0.0213. The average Bonchev–Trinajstić information content (AvgIpc) is 2.96. The smallest absolute Gasteiger partial charge is 0.259 e. The number of hydrogen-bond acceptors (Lipinski definition) is 6. The van der Waals surface area contributed by atoms with Gasteiger partial charge < -0.3 is 4.74 Å². The summed E-state index contributed by atoms with van der Waals surface area (Å²) >= 11 is 7.32. The molecule has 3 aromatic rings. The summed E-state index contributed by atoms with van der Waals surface area (Å²) in [7, 11) is -1.90. The molecule has 1 heterocycles. The number of nitrogens with zero attached hydrogens (tertiary/aromatic N) is 1. The molecule has 0 bridgehead atoms. The molecule has 25 heavy (non-hydrogen) atoms. The molecule has 3 rings (SSSR count). The summed E-state index contributed by atoms with van der Waals surface area (Å²) in [6.07, 6.45) is 1.07. The number of amides is 1. The fourth-order valence-corrected chi connectivity index (χ4v) is 3.94. The van der Waals surface area contributed by atoms with Crippen LogP contribution in [0.1, 0.15) is 10.4 Å². The number of para-hydroxylation sites is 1. The summed E-state index contributed by atoms with van der Waals surface area (Å²) in [5.74, 6) is 0.0693. The number of fused-ring (bicyclic) bond motifs is 1. The Hall–Kier alpha value is -2.16. The van der Waals surface area contributed by atoms with Gasteiger partial charge in [0.15, 0.2) is 15.0 Å². The number of halogens is 1. The van der Waals surface area contributed by atoms with Gasteiger partial charge in [-0.3, -0.25) is 10.1 Å². The number of aromatic nitrogens is 1. The van der Waals surface area contributed by atoms with E-state index in [2.05, 4.69) is 10.3 Å². The van der Waals surface area contributed by atoms with Crippen LogP contribution in [0, 0.1) is 0 Å². The predicted octanol–water partition coefficient (Wildman–Crippen LogP) is 3.61. The third kappa shape index (κ3) is 3.60. The molecule has 1 aromatic heterocycles. The third-order valence-corrected chi connectivity index (χ3v) is 5.81. The first kappa shape index (κ1) is 17.7.